The lowest BCUT2D eigenvalue weighted by Gasteiger charge is -2.10. The first-order valence-electron chi connectivity index (χ1n) is 9.44. The summed E-state index contributed by atoms with van der Waals surface area (Å²) in [4.78, 5) is 24.9. The highest BCUT2D eigenvalue weighted by molar-refractivity contribution is 7.85. The second kappa shape index (κ2) is 10.7. The van der Waals surface area contributed by atoms with E-state index < -0.39 is 29.3 Å². The Kier molecular flexibility index (Phi) is 7.81. The third-order valence-corrected chi connectivity index (χ3v) is 5.83. The third-order valence-electron chi connectivity index (χ3n) is 4.15. The number of rotatable bonds is 8. The van der Waals surface area contributed by atoms with E-state index in [2.05, 4.69) is 5.32 Å². The van der Waals surface area contributed by atoms with Crippen molar-refractivity contribution in [2.45, 2.75) is 11.8 Å². The fraction of sp³-hybridized carbons (Fsp3) is 0.130. The molecule has 0 aliphatic heterocycles. The lowest BCUT2D eigenvalue weighted by Crippen LogP contribution is -2.21. The first-order chi connectivity index (χ1) is 15.0. The van der Waals surface area contributed by atoms with Gasteiger partial charge >= 0.3 is 5.97 Å². The predicted octanol–water partition coefficient (Wildman–Crippen LogP) is 5.06. The summed E-state index contributed by atoms with van der Waals surface area (Å²) < 4.78 is 22.9. The summed E-state index contributed by atoms with van der Waals surface area (Å²) in [6, 6.07) is 20.3. The molecular formula is C23H20ClNO5S. The first kappa shape index (κ1) is 22.5. The Morgan fingerprint density at radius 1 is 0.968 bits per heavy atom. The van der Waals surface area contributed by atoms with Gasteiger partial charge < -0.3 is 14.8 Å². The minimum absolute atomic E-state index is 0.191. The molecule has 1 N–H and O–H groups in total. The number of amides is 1. The van der Waals surface area contributed by atoms with Gasteiger partial charge in [-0.1, -0.05) is 42.8 Å². The minimum Gasteiger partial charge on any atom is -0.456 e. The van der Waals surface area contributed by atoms with Gasteiger partial charge in [0.2, 0.25) is 0 Å². The highest BCUT2D eigenvalue weighted by atomic mass is 35.5. The number of halogens is 1. The predicted molar refractivity (Wildman–Crippen MR) is 120 cm³/mol. The summed E-state index contributed by atoms with van der Waals surface area (Å²) >= 11 is 6.07. The number of esters is 1. The van der Waals surface area contributed by atoms with Gasteiger partial charge in [-0.25, -0.2) is 4.79 Å². The van der Waals surface area contributed by atoms with E-state index >= 15 is 0 Å². The molecule has 0 heterocycles. The third kappa shape index (κ3) is 6.16. The van der Waals surface area contributed by atoms with Crippen LogP contribution in [0.1, 0.15) is 17.3 Å². The maximum Gasteiger partial charge on any atom is 0.339 e. The zero-order chi connectivity index (χ0) is 22.2. The van der Waals surface area contributed by atoms with E-state index in [-0.39, 0.29) is 5.56 Å². The molecule has 0 aliphatic rings. The fourth-order valence-electron chi connectivity index (χ4n) is 2.66. The van der Waals surface area contributed by atoms with Gasteiger partial charge in [0, 0.05) is 11.4 Å². The normalized spacial score (nSPS) is 11.4. The molecular weight excluding hydrogens is 438 g/mol. The van der Waals surface area contributed by atoms with E-state index in [9.17, 15) is 13.8 Å². The average molecular weight is 458 g/mol. The van der Waals surface area contributed by atoms with Crippen molar-refractivity contribution >= 4 is 40.0 Å². The van der Waals surface area contributed by atoms with Gasteiger partial charge in [-0.05, 0) is 48.5 Å². The van der Waals surface area contributed by atoms with Crippen LogP contribution < -0.4 is 10.1 Å². The molecule has 3 aromatic rings. The Hall–Kier alpha value is -3.16. The molecule has 0 unspecified atom stereocenters. The molecule has 0 spiro atoms. The van der Waals surface area contributed by atoms with Gasteiger partial charge in [0.05, 0.1) is 26.3 Å². The summed E-state index contributed by atoms with van der Waals surface area (Å²) in [5.41, 5.74) is 0.705. The molecule has 1 atom stereocenters. The number of ether oxygens (including phenoxy) is 2. The van der Waals surface area contributed by atoms with Crippen LogP contribution in [0.25, 0.3) is 0 Å². The summed E-state index contributed by atoms with van der Waals surface area (Å²) in [7, 11) is -1.31. The van der Waals surface area contributed by atoms with Crippen LogP contribution >= 0.6 is 11.6 Å². The minimum atomic E-state index is -1.31. The zero-order valence-corrected chi connectivity index (χ0v) is 18.2. The molecule has 3 aromatic carbocycles. The maximum atomic E-state index is 12.3. The lowest BCUT2D eigenvalue weighted by atomic mass is 10.2. The first-order valence-corrected chi connectivity index (χ1v) is 11.1. The van der Waals surface area contributed by atoms with Crippen molar-refractivity contribution in [1.29, 1.82) is 0 Å². The van der Waals surface area contributed by atoms with Crippen LogP contribution in [-0.4, -0.2) is 28.4 Å². The molecule has 6 nitrogen and oxygen atoms in total. The highest BCUT2D eigenvalue weighted by Gasteiger charge is 2.17. The van der Waals surface area contributed by atoms with Crippen LogP contribution in [0.2, 0.25) is 5.02 Å². The molecule has 0 bridgehead atoms. The number of nitrogens with one attached hydrogen (secondary N) is 1. The van der Waals surface area contributed by atoms with Crippen molar-refractivity contribution in [2.24, 2.45) is 0 Å². The maximum absolute atomic E-state index is 12.3. The Labute approximate surface area is 187 Å². The van der Waals surface area contributed by atoms with Gasteiger partial charge in [0.15, 0.2) is 6.61 Å². The van der Waals surface area contributed by atoms with E-state index in [4.69, 9.17) is 21.1 Å². The van der Waals surface area contributed by atoms with Crippen LogP contribution in [0.4, 0.5) is 5.69 Å². The second-order valence-corrected chi connectivity index (χ2v) is 8.43. The SMILES string of the molecule is CC[S@@](=O)c1ccccc1C(=O)OCC(=O)Nc1ccc(Oc2ccccc2Cl)cc1. The van der Waals surface area contributed by atoms with Crippen molar-refractivity contribution in [2.75, 3.05) is 17.7 Å². The number of anilines is 1. The van der Waals surface area contributed by atoms with Crippen molar-refractivity contribution in [1.82, 2.24) is 0 Å². The van der Waals surface area contributed by atoms with Crippen LogP contribution in [0.5, 0.6) is 11.5 Å². The molecule has 0 saturated carbocycles. The summed E-state index contributed by atoms with van der Waals surface area (Å²) in [6.45, 7) is 1.29. The topological polar surface area (TPSA) is 81.7 Å². The number of hydrogen-bond donors (Lipinski definition) is 1. The van der Waals surface area contributed by atoms with E-state index in [0.717, 1.165) is 0 Å². The van der Waals surface area contributed by atoms with E-state index in [0.29, 0.717) is 32.9 Å². The molecule has 0 radical (unpaired) electrons. The lowest BCUT2D eigenvalue weighted by molar-refractivity contribution is -0.119. The average Bonchev–Trinajstić information content (AvgIpc) is 2.79. The molecule has 0 fully saturated rings. The number of para-hydroxylation sites is 1. The monoisotopic (exact) mass is 457 g/mol. The molecule has 160 valence electrons. The Morgan fingerprint density at radius 3 is 2.35 bits per heavy atom. The number of carbonyl (C=O) groups is 2. The molecule has 0 aromatic heterocycles. The van der Waals surface area contributed by atoms with Gasteiger partial charge in [-0.15, -0.1) is 0 Å². The van der Waals surface area contributed by atoms with Crippen molar-refractivity contribution < 1.29 is 23.3 Å². The molecule has 0 aliphatic carbocycles. The van der Waals surface area contributed by atoms with Gasteiger partial charge in [0.1, 0.15) is 11.5 Å². The molecule has 0 saturated heterocycles. The van der Waals surface area contributed by atoms with Gasteiger partial charge in [-0.2, -0.15) is 0 Å². The summed E-state index contributed by atoms with van der Waals surface area (Å²) in [6.07, 6.45) is 0. The quantitative estimate of drug-likeness (QED) is 0.478. The summed E-state index contributed by atoms with van der Waals surface area (Å²) in [5.74, 6) is 0.259. The van der Waals surface area contributed by atoms with Crippen LogP contribution in [0.15, 0.2) is 77.7 Å². The second-order valence-electron chi connectivity index (χ2n) is 6.31. The standard InChI is InChI=1S/C23H20ClNO5S/c1-2-31(28)21-10-6-3-7-18(21)23(27)29-15-22(26)25-16-11-13-17(14-12-16)30-20-9-5-4-8-19(20)24/h3-14H,2,15H2,1H3,(H,25,26)/t31-/m1/s1. The largest absolute Gasteiger partial charge is 0.456 e. The van der Waals surface area contributed by atoms with Crippen molar-refractivity contribution in [3.63, 3.8) is 0 Å². The Balaban J connectivity index is 1.55. The highest BCUT2D eigenvalue weighted by Crippen LogP contribution is 2.29. The molecule has 3 rings (SSSR count). The van der Waals surface area contributed by atoms with Crippen molar-refractivity contribution in [3.8, 4) is 11.5 Å². The van der Waals surface area contributed by atoms with E-state index in [1.807, 2.05) is 12.1 Å². The summed E-state index contributed by atoms with van der Waals surface area (Å²) in [5, 5.41) is 3.13. The van der Waals surface area contributed by atoms with E-state index in [1.54, 1.807) is 61.5 Å². The molecule has 31 heavy (non-hydrogen) atoms. The van der Waals surface area contributed by atoms with Crippen LogP contribution in [0, 0.1) is 0 Å². The number of hydrogen-bond acceptors (Lipinski definition) is 5. The fourth-order valence-corrected chi connectivity index (χ4v) is 3.77. The van der Waals surface area contributed by atoms with Gasteiger partial charge in [-0.3, -0.25) is 9.00 Å². The Bertz CT molecular complexity index is 1100. The van der Waals surface area contributed by atoms with Crippen molar-refractivity contribution in [3.05, 3.63) is 83.4 Å². The molecule has 1 amide bonds. The van der Waals surface area contributed by atoms with Crippen LogP contribution in [-0.2, 0) is 20.3 Å². The Morgan fingerprint density at radius 2 is 1.65 bits per heavy atom. The number of benzene rings is 3. The number of carbonyl (C=O) groups excluding carboxylic acids is 2. The van der Waals surface area contributed by atoms with E-state index in [1.165, 1.54) is 6.07 Å². The van der Waals surface area contributed by atoms with Gasteiger partial charge in [0.25, 0.3) is 5.91 Å². The molecule has 8 heteroatoms. The smallest absolute Gasteiger partial charge is 0.339 e. The van der Waals surface area contributed by atoms with Crippen LogP contribution in [0.3, 0.4) is 0 Å². The zero-order valence-electron chi connectivity index (χ0n) is 16.7.